The summed E-state index contributed by atoms with van der Waals surface area (Å²) in [5, 5.41) is 5.21. The third-order valence-electron chi connectivity index (χ3n) is 5.93. The van der Waals surface area contributed by atoms with Gasteiger partial charge in [-0.15, -0.1) is 0 Å². The van der Waals surface area contributed by atoms with E-state index in [1.807, 2.05) is 49.4 Å². The molecule has 2 heterocycles. The minimum atomic E-state index is -0.303. The van der Waals surface area contributed by atoms with Crippen LogP contribution in [0.15, 0.2) is 42.5 Å². The van der Waals surface area contributed by atoms with Gasteiger partial charge in [0.25, 0.3) is 0 Å². The molecule has 1 amide bonds. The van der Waals surface area contributed by atoms with Crippen LogP contribution in [-0.2, 0) is 11.2 Å². The molecule has 6 nitrogen and oxygen atoms in total. The highest BCUT2D eigenvalue weighted by Gasteiger charge is 2.35. The van der Waals surface area contributed by atoms with E-state index in [1.165, 1.54) is 5.56 Å². The van der Waals surface area contributed by atoms with Crippen LogP contribution in [0.1, 0.15) is 50.1 Å². The first-order chi connectivity index (χ1) is 16.0. The molecular formula is C26H32ClN3O3. The topological polar surface area (TPSA) is 66.6 Å². The van der Waals surface area contributed by atoms with Crippen molar-refractivity contribution in [3.63, 3.8) is 0 Å². The fourth-order valence-corrected chi connectivity index (χ4v) is 4.58. The zero-order valence-electron chi connectivity index (χ0n) is 19.5. The van der Waals surface area contributed by atoms with Crippen LogP contribution in [0.5, 0.6) is 5.75 Å². The molecule has 0 radical (unpaired) electrons. The highest BCUT2D eigenvalue weighted by molar-refractivity contribution is 6.31. The van der Waals surface area contributed by atoms with E-state index in [2.05, 4.69) is 24.1 Å². The molecule has 1 atom stereocenters. The molecule has 1 aromatic heterocycles. The van der Waals surface area contributed by atoms with E-state index < -0.39 is 0 Å². The van der Waals surface area contributed by atoms with Crippen LogP contribution < -0.4 is 10.1 Å². The van der Waals surface area contributed by atoms with Gasteiger partial charge < -0.3 is 19.8 Å². The Morgan fingerprint density at radius 2 is 2.03 bits per heavy atom. The molecule has 0 bridgehead atoms. The Hall–Kier alpha value is -2.70. The number of carbonyl (C=O) groups excluding carboxylic acids is 1. The Kier molecular flexibility index (Phi) is 7.46. The molecule has 0 aliphatic carbocycles. The molecule has 1 unspecified atom stereocenters. The first-order valence-electron chi connectivity index (χ1n) is 11.7. The van der Waals surface area contributed by atoms with Gasteiger partial charge in [0.2, 0.25) is 0 Å². The summed E-state index contributed by atoms with van der Waals surface area (Å²) < 4.78 is 11.3. The molecule has 176 valence electrons. The SMILES string of the molecule is CCOC(=O)N1CCc2c([nH]c3ccc(Cl)cc23)C1c1ccc(OCCCNC(C)C)cc1. The standard InChI is InChI=1S/C26H32ClN3O3/c1-4-32-26(31)30-14-12-21-22-16-19(27)8-11-23(22)29-24(21)25(30)18-6-9-20(10-7-18)33-15-5-13-28-17(2)3/h6-11,16-17,25,28-29H,4-5,12-15H2,1-3H3. The first-order valence-corrected chi connectivity index (χ1v) is 12.0. The number of nitrogens with one attached hydrogen (secondary N) is 2. The van der Waals surface area contributed by atoms with Crippen LogP contribution in [0.2, 0.25) is 5.02 Å². The summed E-state index contributed by atoms with van der Waals surface area (Å²) in [6.07, 6.45) is 1.39. The highest BCUT2D eigenvalue weighted by Crippen LogP contribution is 2.39. The van der Waals surface area contributed by atoms with Crippen molar-refractivity contribution in [2.24, 2.45) is 0 Å². The van der Waals surface area contributed by atoms with Gasteiger partial charge in [-0.1, -0.05) is 37.6 Å². The van der Waals surface area contributed by atoms with Gasteiger partial charge in [-0.2, -0.15) is 0 Å². The summed E-state index contributed by atoms with van der Waals surface area (Å²) >= 11 is 6.27. The zero-order valence-corrected chi connectivity index (χ0v) is 20.2. The third-order valence-corrected chi connectivity index (χ3v) is 6.16. The average molecular weight is 470 g/mol. The fraction of sp³-hybridized carbons (Fsp3) is 0.423. The van der Waals surface area contributed by atoms with Crippen molar-refractivity contribution in [2.45, 2.75) is 45.7 Å². The van der Waals surface area contributed by atoms with Gasteiger partial charge in [-0.25, -0.2) is 4.79 Å². The first kappa shape index (κ1) is 23.5. The number of fused-ring (bicyclic) bond motifs is 3. The van der Waals surface area contributed by atoms with Gasteiger partial charge >= 0.3 is 6.09 Å². The monoisotopic (exact) mass is 469 g/mol. The highest BCUT2D eigenvalue weighted by atomic mass is 35.5. The minimum Gasteiger partial charge on any atom is -0.494 e. The Morgan fingerprint density at radius 1 is 1.24 bits per heavy atom. The summed E-state index contributed by atoms with van der Waals surface area (Å²) in [5.74, 6) is 0.824. The van der Waals surface area contributed by atoms with Crippen LogP contribution in [0.3, 0.4) is 0 Å². The maximum atomic E-state index is 12.8. The number of hydrogen-bond donors (Lipinski definition) is 2. The van der Waals surface area contributed by atoms with Crippen molar-refractivity contribution < 1.29 is 14.3 Å². The van der Waals surface area contributed by atoms with Crippen molar-refractivity contribution >= 4 is 28.6 Å². The average Bonchev–Trinajstić information content (AvgIpc) is 3.16. The second-order valence-corrected chi connectivity index (χ2v) is 9.07. The number of nitrogens with zero attached hydrogens (tertiary/aromatic N) is 1. The Balaban J connectivity index is 1.59. The van der Waals surface area contributed by atoms with Crippen molar-refractivity contribution in [2.75, 3.05) is 26.3 Å². The van der Waals surface area contributed by atoms with E-state index >= 15 is 0 Å². The molecule has 0 saturated carbocycles. The lowest BCUT2D eigenvalue weighted by atomic mass is 9.92. The molecule has 4 rings (SSSR count). The van der Waals surface area contributed by atoms with Crippen molar-refractivity contribution in [3.8, 4) is 5.75 Å². The summed E-state index contributed by atoms with van der Waals surface area (Å²) in [6.45, 7) is 8.61. The van der Waals surface area contributed by atoms with E-state index in [1.54, 1.807) is 4.90 Å². The van der Waals surface area contributed by atoms with Crippen molar-refractivity contribution in [3.05, 3.63) is 64.3 Å². The van der Waals surface area contributed by atoms with Gasteiger partial charge in [0.15, 0.2) is 0 Å². The molecule has 0 fully saturated rings. The lowest BCUT2D eigenvalue weighted by molar-refractivity contribution is 0.0932. The van der Waals surface area contributed by atoms with Gasteiger partial charge in [0.1, 0.15) is 11.8 Å². The molecule has 7 heteroatoms. The molecule has 1 aliphatic rings. The van der Waals surface area contributed by atoms with Crippen LogP contribution >= 0.6 is 11.6 Å². The number of amides is 1. The van der Waals surface area contributed by atoms with Gasteiger partial charge in [0.05, 0.1) is 13.2 Å². The van der Waals surface area contributed by atoms with E-state index in [-0.39, 0.29) is 12.1 Å². The van der Waals surface area contributed by atoms with E-state index in [4.69, 9.17) is 21.1 Å². The minimum absolute atomic E-state index is 0.261. The number of hydrogen-bond acceptors (Lipinski definition) is 4. The molecule has 0 saturated heterocycles. The fourth-order valence-electron chi connectivity index (χ4n) is 4.41. The van der Waals surface area contributed by atoms with Crippen LogP contribution in [0.25, 0.3) is 10.9 Å². The lowest BCUT2D eigenvalue weighted by Crippen LogP contribution is -2.40. The van der Waals surface area contributed by atoms with Gasteiger partial charge in [0, 0.05) is 34.2 Å². The number of aromatic nitrogens is 1. The predicted molar refractivity (Wildman–Crippen MR) is 132 cm³/mol. The summed E-state index contributed by atoms with van der Waals surface area (Å²) in [4.78, 5) is 18.2. The molecule has 33 heavy (non-hydrogen) atoms. The molecular weight excluding hydrogens is 438 g/mol. The van der Waals surface area contributed by atoms with Gasteiger partial charge in [-0.05, 0) is 67.8 Å². The van der Waals surface area contributed by atoms with Crippen molar-refractivity contribution in [1.82, 2.24) is 15.2 Å². The van der Waals surface area contributed by atoms with Crippen molar-refractivity contribution in [1.29, 1.82) is 0 Å². The second-order valence-electron chi connectivity index (χ2n) is 8.63. The number of benzene rings is 2. The predicted octanol–water partition coefficient (Wildman–Crippen LogP) is 5.69. The quantitative estimate of drug-likeness (QED) is 0.416. The number of carbonyl (C=O) groups is 1. The summed E-state index contributed by atoms with van der Waals surface area (Å²) in [7, 11) is 0. The number of ether oxygens (including phenoxy) is 2. The molecule has 2 aromatic carbocycles. The number of halogens is 1. The summed E-state index contributed by atoms with van der Waals surface area (Å²) in [5.41, 5.74) is 4.25. The Labute approximate surface area is 200 Å². The largest absolute Gasteiger partial charge is 0.494 e. The maximum absolute atomic E-state index is 12.8. The molecule has 0 spiro atoms. The van der Waals surface area contributed by atoms with Crippen LogP contribution in [-0.4, -0.2) is 48.3 Å². The third kappa shape index (κ3) is 5.28. The summed E-state index contributed by atoms with van der Waals surface area (Å²) in [6, 6.07) is 14.1. The van der Waals surface area contributed by atoms with E-state index in [9.17, 15) is 4.79 Å². The zero-order chi connectivity index (χ0) is 23.4. The molecule has 3 aromatic rings. The Bertz CT molecular complexity index is 1090. The van der Waals surface area contributed by atoms with Crippen LogP contribution in [0.4, 0.5) is 4.79 Å². The molecule has 1 aliphatic heterocycles. The smallest absolute Gasteiger partial charge is 0.410 e. The van der Waals surface area contributed by atoms with E-state index in [0.29, 0.717) is 30.8 Å². The lowest BCUT2D eigenvalue weighted by Gasteiger charge is -2.35. The second kappa shape index (κ2) is 10.5. The van der Waals surface area contributed by atoms with Crippen LogP contribution in [0, 0.1) is 0 Å². The molecule has 2 N–H and O–H groups in total. The van der Waals surface area contributed by atoms with Gasteiger partial charge in [-0.3, -0.25) is 4.90 Å². The number of H-pyrrole nitrogens is 1. The number of aromatic amines is 1. The Morgan fingerprint density at radius 3 is 2.76 bits per heavy atom. The maximum Gasteiger partial charge on any atom is 0.410 e. The van der Waals surface area contributed by atoms with E-state index in [0.717, 1.165) is 47.3 Å². The number of rotatable bonds is 8. The normalized spacial score (nSPS) is 15.7.